The van der Waals surface area contributed by atoms with Crippen LogP contribution in [0.25, 0.3) is 0 Å². The van der Waals surface area contributed by atoms with Crippen LogP contribution in [0.3, 0.4) is 0 Å². The summed E-state index contributed by atoms with van der Waals surface area (Å²) < 4.78 is 1.03. The molecule has 0 saturated carbocycles. The highest BCUT2D eigenvalue weighted by molar-refractivity contribution is 9.10. The highest BCUT2D eigenvalue weighted by Crippen LogP contribution is 2.17. The van der Waals surface area contributed by atoms with E-state index in [1.807, 2.05) is 56.3 Å². The maximum Gasteiger partial charge on any atom is 0.167 e. The molecule has 2 aromatic rings. The Labute approximate surface area is 116 Å². The number of carbonyl (C=O) groups excluding carboxylic acids is 1. The van der Waals surface area contributed by atoms with Gasteiger partial charge >= 0.3 is 0 Å². The molecule has 0 aromatic heterocycles. The molecule has 1 nitrogen and oxygen atoms in total. The second kappa shape index (κ2) is 5.49. The average Bonchev–Trinajstić information content (AvgIpc) is 2.35. The van der Waals surface area contributed by atoms with Gasteiger partial charge in [0, 0.05) is 16.5 Å². The summed E-state index contributed by atoms with van der Waals surface area (Å²) in [7, 11) is 0. The van der Waals surface area contributed by atoms with Crippen molar-refractivity contribution in [2.45, 2.75) is 20.3 Å². The zero-order chi connectivity index (χ0) is 13.1. The lowest BCUT2D eigenvalue weighted by atomic mass is 9.96. The largest absolute Gasteiger partial charge is 0.294 e. The summed E-state index contributed by atoms with van der Waals surface area (Å²) in [6, 6.07) is 13.8. The number of hydrogen-bond donors (Lipinski definition) is 0. The molecule has 0 amide bonds. The smallest absolute Gasteiger partial charge is 0.167 e. The Morgan fingerprint density at radius 2 is 1.72 bits per heavy atom. The van der Waals surface area contributed by atoms with Crippen LogP contribution >= 0.6 is 15.9 Å². The monoisotopic (exact) mass is 302 g/mol. The van der Waals surface area contributed by atoms with Gasteiger partial charge < -0.3 is 0 Å². The summed E-state index contributed by atoms with van der Waals surface area (Å²) >= 11 is 3.39. The molecule has 0 aliphatic heterocycles. The van der Waals surface area contributed by atoms with Crippen LogP contribution in [0.5, 0.6) is 0 Å². The number of hydrogen-bond acceptors (Lipinski definition) is 1. The van der Waals surface area contributed by atoms with E-state index < -0.39 is 0 Å². The Balaban J connectivity index is 2.22. The molecule has 2 rings (SSSR count). The summed E-state index contributed by atoms with van der Waals surface area (Å²) in [5.41, 5.74) is 4.12. The second-order valence-electron chi connectivity index (χ2n) is 4.47. The minimum absolute atomic E-state index is 0.179. The number of benzene rings is 2. The Morgan fingerprint density at radius 1 is 1.06 bits per heavy atom. The summed E-state index contributed by atoms with van der Waals surface area (Å²) in [6.07, 6.45) is 0.456. The van der Waals surface area contributed by atoms with Crippen molar-refractivity contribution in [2.75, 3.05) is 0 Å². The van der Waals surface area contributed by atoms with E-state index in [0.29, 0.717) is 6.42 Å². The summed E-state index contributed by atoms with van der Waals surface area (Å²) in [4.78, 5) is 12.3. The SMILES string of the molecule is Cc1cccc(C(=O)Cc2ccc(Br)cc2)c1C. The van der Waals surface area contributed by atoms with E-state index in [2.05, 4.69) is 15.9 Å². The molecular weight excluding hydrogens is 288 g/mol. The zero-order valence-corrected chi connectivity index (χ0v) is 12.1. The number of rotatable bonds is 3. The first-order valence-electron chi connectivity index (χ1n) is 5.92. The van der Waals surface area contributed by atoms with Crippen molar-refractivity contribution < 1.29 is 4.79 Å². The molecule has 0 fully saturated rings. The van der Waals surface area contributed by atoms with Gasteiger partial charge in [-0.3, -0.25) is 4.79 Å². The number of halogens is 1. The molecule has 0 bridgehead atoms. The van der Waals surface area contributed by atoms with Crippen molar-refractivity contribution in [1.29, 1.82) is 0 Å². The van der Waals surface area contributed by atoms with Gasteiger partial charge in [0.05, 0.1) is 0 Å². The van der Waals surface area contributed by atoms with E-state index in [0.717, 1.165) is 26.7 Å². The van der Waals surface area contributed by atoms with Crippen molar-refractivity contribution in [3.05, 3.63) is 69.2 Å². The first kappa shape index (κ1) is 13.0. The second-order valence-corrected chi connectivity index (χ2v) is 5.39. The van der Waals surface area contributed by atoms with Gasteiger partial charge in [-0.05, 0) is 42.7 Å². The summed E-state index contributed by atoms with van der Waals surface area (Å²) in [5.74, 6) is 0.179. The molecule has 0 aliphatic carbocycles. The maximum absolute atomic E-state index is 12.3. The normalized spacial score (nSPS) is 10.4. The lowest BCUT2D eigenvalue weighted by Gasteiger charge is -2.07. The number of ketones is 1. The Bertz CT molecular complexity index is 570. The third-order valence-corrected chi connectivity index (χ3v) is 3.71. The highest BCUT2D eigenvalue weighted by atomic mass is 79.9. The minimum Gasteiger partial charge on any atom is -0.294 e. The van der Waals surface area contributed by atoms with Crippen molar-refractivity contribution in [1.82, 2.24) is 0 Å². The lowest BCUT2D eigenvalue weighted by Crippen LogP contribution is -2.06. The first-order chi connectivity index (χ1) is 8.58. The van der Waals surface area contributed by atoms with Crippen LogP contribution in [-0.2, 0) is 6.42 Å². The average molecular weight is 303 g/mol. The van der Waals surface area contributed by atoms with Crippen molar-refractivity contribution in [3.8, 4) is 0 Å². The first-order valence-corrected chi connectivity index (χ1v) is 6.71. The molecule has 0 radical (unpaired) electrons. The van der Waals surface area contributed by atoms with Gasteiger partial charge in [0.2, 0.25) is 0 Å². The van der Waals surface area contributed by atoms with E-state index in [4.69, 9.17) is 0 Å². The molecule has 0 atom stereocenters. The fourth-order valence-corrected chi connectivity index (χ4v) is 2.20. The minimum atomic E-state index is 0.179. The fourth-order valence-electron chi connectivity index (χ4n) is 1.94. The van der Waals surface area contributed by atoms with Crippen molar-refractivity contribution in [3.63, 3.8) is 0 Å². The Kier molecular flexibility index (Phi) is 3.97. The summed E-state index contributed by atoms with van der Waals surface area (Å²) in [6.45, 7) is 4.04. The van der Waals surface area contributed by atoms with E-state index in [1.54, 1.807) is 0 Å². The standard InChI is InChI=1S/C16H15BrO/c1-11-4-3-5-15(12(11)2)16(18)10-13-6-8-14(17)9-7-13/h3-9H,10H2,1-2H3. The topological polar surface area (TPSA) is 17.1 Å². The van der Waals surface area contributed by atoms with E-state index >= 15 is 0 Å². The molecule has 0 spiro atoms. The highest BCUT2D eigenvalue weighted by Gasteiger charge is 2.10. The lowest BCUT2D eigenvalue weighted by molar-refractivity contribution is 0.0992. The van der Waals surface area contributed by atoms with Crippen molar-refractivity contribution >= 4 is 21.7 Å². The van der Waals surface area contributed by atoms with E-state index in [1.165, 1.54) is 0 Å². The van der Waals surface area contributed by atoms with Gasteiger partial charge in [-0.1, -0.05) is 46.3 Å². The number of carbonyl (C=O) groups is 1. The van der Waals surface area contributed by atoms with Gasteiger partial charge in [0.25, 0.3) is 0 Å². The molecular formula is C16H15BrO. The molecule has 0 N–H and O–H groups in total. The Morgan fingerprint density at radius 3 is 2.39 bits per heavy atom. The maximum atomic E-state index is 12.3. The van der Waals surface area contributed by atoms with Gasteiger partial charge in [0.1, 0.15) is 0 Å². The number of aryl methyl sites for hydroxylation is 1. The van der Waals surface area contributed by atoms with Crippen LogP contribution in [0.4, 0.5) is 0 Å². The van der Waals surface area contributed by atoms with Crippen LogP contribution in [-0.4, -0.2) is 5.78 Å². The third kappa shape index (κ3) is 2.88. The third-order valence-electron chi connectivity index (χ3n) is 3.18. The molecule has 92 valence electrons. The molecule has 0 heterocycles. The molecule has 18 heavy (non-hydrogen) atoms. The van der Waals surface area contributed by atoms with E-state index in [9.17, 15) is 4.79 Å². The molecule has 2 heteroatoms. The van der Waals surface area contributed by atoms with Gasteiger partial charge in [-0.15, -0.1) is 0 Å². The van der Waals surface area contributed by atoms with Crippen LogP contribution in [0.1, 0.15) is 27.0 Å². The fraction of sp³-hybridized carbons (Fsp3) is 0.188. The molecule has 0 saturated heterocycles. The van der Waals surface area contributed by atoms with Crippen LogP contribution in [0.15, 0.2) is 46.9 Å². The zero-order valence-electron chi connectivity index (χ0n) is 10.5. The van der Waals surface area contributed by atoms with E-state index in [-0.39, 0.29) is 5.78 Å². The van der Waals surface area contributed by atoms with Gasteiger partial charge in [-0.2, -0.15) is 0 Å². The molecule has 0 aliphatic rings. The van der Waals surface area contributed by atoms with Gasteiger partial charge in [0.15, 0.2) is 5.78 Å². The quantitative estimate of drug-likeness (QED) is 0.763. The molecule has 2 aromatic carbocycles. The summed E-state index contributed by atoms with van der Waals surface area (Å²) in [5, 5.41) is 0. The number of Topliss-reactive ketones (excluding diaryl/α,β-unsaturated/α-hetero) is 1. The predicted octanol–water partition coefficient (Wildman–Crippen LogP) is 4.49. The predicted molar refractivity (Wildman–Crippen MR) is 78.1 cm³/mol. The van der Waals surface area contributed by atoms with Crippen molar-refractivity contribution in [2.24, 2.45) is 0 Å². The Hall–Kier alpha value is -1.41. The van der Waals surface area contributed by atoms with Gasteiger partial charge in [-0.25, -0.2) is 0 Å². The van der Waals surface area contributed by atoms with Crippen LogP contribution in [0.2, 0.25) is 0 Å². The van der Waals surface area contributed by atoms with Crippen LogP contribution < -0.4 is 0 Å². The molecule has 0 unspecified atom stereocenters. The van der Waals surface area contributed by atoms with Crippen LogP contribution in [0, 0.1) is 13.8 Å².